The van der Waals surface area contributed by atoms with E-state index in [0.29, 0.717) is 47.8 Å². The first-order valence-electron chi connectivity index (χ1n) is 11.8. The zero-order valence-corrected chi connectivity index (χ0v) is 22.8. The van der Waals surface area contributed by atoms with E-state index in [4.69, 9.17) is 44.3 Å². The molecule has 2 amide bonds. The fourth-order valence-corrected chi connectivity index (χ4v) is 5.01. The molecule has 0 aliphatic carbocycles. The molecule has 3 aromatic rings. The van der Waals surface area contributed by atoms with Crippen molar-refractivity contribution in [3.63, 3.8) is 0 Å². The van der Waals surface area contributed by atoms with Crippen molar-refractivity contribution in [1.82, 2.24) is 4.90 Å². The molecule has 6 nitrogen and oxygen atoms in total. The first-order chi connectivity index (χ1) is 17.8. The minimum Gasteiger partial charge on any atom is -0.482 e. The highest BCUT2D eigenvalue weighted by molar-refractivity contribution is 6.35. The molecule has 9 heteroatoms. The number of hydrogen-bond donors (Lipinski definition) is 0. The Kier molecular flexibility index (Phi) is 9.11. The van der Waals surface area contributed by atoms with Crippen LogP contribution in [0.3, 0.4) is 0 Å². The molecule has 3 aromatic carbocycles. The van der Waals surface area contributed by atoms with Gasteiger partial charge in [0.1, 0.15) is 11.8 Å². The van der Waals surface area contributed by atoms with Crippen LogP contribution in [0.1, 0.15) is 22.7 Å². The quantitative estimate of drug-likeness (QED) is 0.340. The fraction of sp³-hybridized carbons (Fsp3) is 0.286. The van der Waals surface area contributed by atoms with Crippen molar-refractivity contribution in [2.45, 2.75) is 19.9 Å². The van der Waals surface area contributed by atoms with Gasteiger partial charge in [0.2, 0.25) is 0 Å². The third kappa shape index (κ3) is 6.46. The second kappa shape index (κ2) is 12.3. The number of para-hydroxylation sites is 1. The van der Waals surface area contributed by atoms with Gasteiger partial charge in [-0.3, -0.25) is 14.5 Å². The molecule has 1 fully saturated rings. The predicted molar refractivity (Wildman–Crippen MR) is 147 cm³/mol. The minimum atomic E-state index is -0.719. The van der Waals surface area contributed by atoms with Crippen LogP contribution >= 0.6 is 34.8 Å². The normalized spacial score (nSPS) is 14.7. The van der Waals surface area contributed by atoms with Crippen LogP contribution in [0.2, 0.25) is 15.1 Å². The van der Waals surface area contributed by atoms with E-state index in [1.807, 2.05) is 49.1 Å². The number of morpholine rings is 1. The Morgan fingerprint density at radius 3 is 2.19 bits per heavy atom. The van der Waals surface area contributed by atoms with Gasteiger partial charge in [-0.15, -0.1) is 0 Å². The Bertz CT molecular complexity index is 1260. The van der Waals surface area contributed by atoms with Crippen molar-refractivity contribution in [3.05, 3.63) is 92.4 Å². The summed E-state index contributed by atoms with van der Waals surface area (Å²) in [7, 11) is 0. The Hall–Kier alpha value is -2.61. The van der Waals surface area contributed by atoms with Crippen molar-refractivity contribution in [2.24, 2.45) is 0 Å². The number of aryl methyl sites for hydroxylation is 2. The van der Waals surface area contributed by atoms with Crippen LogP contribution in [0.15, 0.2) is 60.7 Å². The first kappa shape index (κ1) is 27.4. The van der Waals surface area contributed by atoms with E-state index in [1.165, 1.54) is 11.0 Å². The highest BCUT2D eigenvalue weighted by atomic mass is 35.5. The summed E-state index contributed by atoms with van der Waals surface area (Å²) in [4.78, 5) is 31.4. The maximum atomic E-state index is 14.4. The van der Waals surface area contributed by atoms with Crippen molar-refractivity contribution in [1.29, 1.82) is 0 Å². The topological polar surface area (TPSA) is 59.1 Å². The van der Waals surface area contributed by atoms with Crippen molar-refractivity contribution in [2.75, 3.05) is 37.8 Å². The molecule has 0 aromatic heterocycles. The Morgan fingerprint density at radius 2 is 1.57 bits per heavy atom. The molecular weight excluding hydrogens is 535 g/mol. The van der Waals surface area contributed by atoms with Gasteiger partial charge < -0.3 is 9.47 Å². The van der Waals surface area contributed by atoms with Crippen LogP contribution in [0.4, 0.5) is 5.69 Å². The highest BCUT2D eigenvalue weighted by Crippen LogP contribution is 2.33. The van der Waals surface area contributed by atoms with Gasteiger partial charge >= 0.3 is 0 Å². The standard InChI is InChI=1S/C28H27Cl3N2O4/c1-18-4-3-5-19(2)26(18)33(25(34)17-37-24-11-10-22(30)16-23(24)31)28(35)27(32-12-14-36-15-13-32)20-6-8-21(29)9-7-20/h3-11,16,27H,12-15,17H2,1-2H3/t27-/m0/s1. The van der Waals surface area contributed by atoms with Crippen molar-refractivity contribution < 1.29 is 19.1 Å². The molecule has 1 saturated heterocycles. The van der Waals surface area contributed by atoms with E-state index in [0.717, 1.165) is 16.7 Å². The molecule has 1 heterocycles. The van der Waals surface area contributed by atoms with Crippen LogP contribution in [0.5, 0.6) is 5.75 Å². The first-order valence-corrected chi connectivity index (χ1v) is 13.0. The summed E-state index contributed by atoms with van der Waals surface area (Å²) in [5.41, 5.74) is 2.86. The molecule has 0 radical (unpaired) electrons. The number of ether oxygens (including phenoxy) is 2. The number of halogens is 3. The van der Waals surface area contributed by atoms with E-state index in [1.54, 1.807) is 24.3 Å². The number of carbonyl (C=O) groups excluding carboxylic acids is 2. The highest BCUT2D eigenvalue weighted by Gasteiger charge is 2.37. The average molecular weight is 562 g/mol. The summed E-state index contributed by atoms with van der Waals surface area (Å²) in [6, 6.07) is 16.8. The third-order valence-corrected chi connectivity index (χ3v) is 6.99. The number of benzene rings is 3. The number of imide groups is 1. The Labute approximate surface area is 231 Å². The van der Waals surface area contributed by atoms with E-state index >= 15 is 0 Å². The van der Waals surface area contributed by atoms with Gasteiger partial charge in [0, 0.05) is 23.1 Å². The lowest BCUT2D eigenvalue weighted by atomic mass is 10.0. The number of amides is 2. The van der Waals surface area contributed by atoms with E-state index in [9.17, 15) is 9.59 Å². The largest absolute Gasteiger partial charge is 0.482 e. The summed E-state index contributed by atoms with van der Waals surface area (Å²) < 4.78 is 11.3. The van der Waals surface area contributed by atoms with Gasteiger partial charge in [-0.1, -0.05) is 65.1 Å². The molecule has 0 bridgehead atoms. The molecular formula is C28H27Cl3N2O4. The minimum absolute atomic E-state index is 0.276. The number of anilines is 1. The Balaban J connectivity index is 1.73. The Morgan fingerprint density at radius 1 is 0.946 bits per heavy atom. The van der Waals surface area contributed by atoms with Crippen molar-refractivity contribution in [3.8, 4) is 5.75 Å². The summed E-state index contributed by atoms with van der Waals surface area (Å²) in [5, 5.41) is 1.29. The van der Waals surface area contributed by atoms with E-state index in [2.05, 4.69) is 0 Å². The molecule has 0 N–H and O–H groups in total. The molecule has 1 aliphatic rings. The smallest absolute Gasteiger partial charge is 0.271 e. The molecule has 194 valence electrons. The SMILES string of the molecule is Cc1cccc(C)c1N(C(=O)COc1ccc(Cl)cc1Cl)C(=O)[C@H](c1ccc(Cl)cc1)N1CCOCC1. The van der Waals surface area contributed by atoms with Gasteiger partial charge in [0.15, 0.2) is 6.61 Å². The molecule has 1 atom stereocenters. The molecule has 37 heavy (non-hydrogen) atoms. The van der Waals surface area contributed by atoms with Gasteiger partial charge in [0.05, 0.1) is 23.9 Å². The zero-order valence-electron chi connectivity index (χ0n) is 20.5. The monoisotopic (exact) mass is 560 g/mol. The number of hydrogen-bond acceptors (Lipinski definition) is 5. The third-order valence-electron chi connectivity index (χ3n) is 6.21. The van der Waals surface area contributed by atoms with Crippen LogP contribution in [0, 0.1) is 13.8 Å². The fourth-order valence-electron chi connectivity index (χ4n) is 4.43. The summed E-state index contributed by atoms with van der Waals surface area (Å²) in [5.74, 6) is -0.589. The van der Waals surface area contributed by atoms with Crippen LogP contribution in [-0.4, -0.2) is 49.6 Å². The molecule has 0 unspecified atom stereocenters. The second-order valence-corrected chi connectivity index (χ2v) is 10.1. The van der Waals surface area contributed by atoms with Crippen LogP contribution in [0.25, 0.3) is 0 Å². The number of nitrogens with zero attached hydrogens (tertiary/aromatic N) is 2. The van der Waals surface area contributed by atoms with Gasteiger partial charge in [-0.2, -0.15) is 0 Å². The second-order valence-electron chi connectivity index (χ2n) is 8.77. The molecule has 1 aliphatic heterocycles. The number of rotatable bonds is 7. The maximum absolute atomic E-state index is 14.4. The van der Waals surface area contributed by atoms with E-state index < -0.39 is 18.6 Å². The van der Waals surface area contributed by atoms with Gasteiger partial charge in [-0.05, 0) is 60.9 Å². The van der Waals surface area contributed by atoms with Gasteiger partial charge in [-0.25, -0.2) is 4.90 Å². The zero-order chi connectivity index (χ0) is 26.5. The summed E-state index contributed by atoms with van der Waals surface area (Å²) >= 11 is 18.4. The number of carbonyl (C=O) groups is 2. The van der Waals surface area contributed by atoms with Crippen LogP contribution < -0.4 is 9.64 Å². The predicted octanol–water partition coefficient (Wildman–Crippen LogP) is 6.28. The molecule has 0 spiro atoms. The molecule has 4 rings (SSSR count). The summed E-state index contributed by atoms with van der Waals surface area (Å²) in [6.07, 6.45) is 0. The average Bonchev–Trinajstić information content (AvgIpc) is 2.87. The lowest BCUT2D eigenvalue weighted by Gasteiger charge is -2.37. The maximum Gasteiger partial charge on any atom is 0.271 e. The van der Waals surface area contributed by atoms with Gasteiger partial charge in [0.25, 0.3) is 11.8 Å². The van der Waals surface area contributed by atoms with Crippen LogP contribution in [-0.2, 0) is 14.3 Å². The lowest BCUT2D eigenvalue weighted by Crippen LogP contribution is -2.50. The van der Waals surface area contributed by atoms with E-state index in [-0.39, 0.29) is 10.9 Å². The summed E-state index contributed by atoms with van der Waals surface area (Å²) in [6.45, 7) is 5.43. The lowest BCUT2D eigenvalue weighted by molar-refractivity contribution is -0.132. The van der Waals surface area contributed by atoms with Crippen molar-refractivity contribution >= 4 is 52.3 Å². The molecule has 0 saturated carbocycles.